The number of hydrogen-bond acceptors (Lipinski definition) is 3. The van der Waals surface area contributed by atoms with E-state index in [0.717, 1.165) is 17.5 Å². The Hall–Kier alpha value is -2.36. The highest BCUT2D eigenvalue weighted by Gasteiger charge is 2.12. The normalized spacial score (nSPS) is 10.4. The van der Waals surface area contributed by atoms with Crippen molar-refractivity contribution < 1.29 is 4.92 Å². The highest BCUT2D eigenvalue weighted by molar-refractivity contribution is 5.72. The second-order valence-corrected chi connectivity index (χ2v) is 4.83. The second-order valence-electron chi connectivity index (χ2n) is 4.83. The number of nitro groups is 1. The van der Waals surface area contributed by atoms with Crippen molar-refractivity contribution in [1.29, 1.82) is 0 Å². The molecule has 2 aromatic rings. The Morgan fingerprint density at radius 3 is 2.35 bits per heavy atom. The minimum atomic E-state index is -0.450. The van der Waals surface area contributed by atoms with Crippen LogP contribution in [0.1, 0.15) is 25.3 Å². The molecule has 0 radical (unpaired) electrons. The first-order chi connectivity index (χ1) is 9.61. The van der Waals surface area contributed by atoms with Crippen LogP contribution in [0.3, 0.4) is 0 Å². The molecule has 104 valence electrons. The van der Waals surface area contributed by atoms with Gasteiger partial charge in [0, 0.05) is 6.07 Å². The Bertz CT molecular complexity index is 606. The van der Waals surface area contributed by atoms with Gasteiger partial charge in [0.05, 0.1) is 4.92 Å². The minimum absolute atomic E-state index is 0.0439. The summed E-state index contributed by atoms with van der Waals surface area (Å²) in [5, 5.41) is 10.9. The molecule has 0 spiro atoms. The molecule has 0 aliphatic rings. The third kappa shape index (κ3) is 3.15. The van der Waals surface area contributed by atoms with E-state index in [0.29, 0.717) is 0 Å². The summed E-state index contributed by atoms with van der Waals surface area (Å²) >= 11 is 0. The van der Waals surface area contributed by atoms with Gasteiger partial charge < -0.3 is 5.73 Å². The molecule has 0 saturated carbocycles. The maximum atomic E-state index is 10.9. The van der Waals surface area contributed by atoms with E-state index in [1.54, 1.807) is 6.07 Å². The number of benzene rings is 2. The fourth-order valence-corrected chi connectivity index (χ4v) is 2.13. The summed E-state index contributed by atoms with van der Waals surface area (Å²) in [5.41, 5.74) is 8.83. The highest BCUT2D eigenvalue weighted by Crippen LogP contribution is 2.28. The molecule has 0 atom stereocenters. The van der Waals surface area contributed by atoms with Gasteiger partial charge in [-0.15, -0.1) is 0 Å². The number of nitrogens with zero attached hydrogens (tertiary/aromatic N) is 1. The highest BCUT2D eigenvalue weighted by atomic mass is 16.6. The van der Waals surface area contributed by atoms with Crippen LogP contribution in [0.5, 0.6) is 0 Å². The van der Waals surface area contributed by atoms with Crippen molar-refractivity contribution in [3.05, 3.63) is 58.1 Å². The lowest BCUT2D eigenvalue weighted by atomic mass is 10.0. The molecule has 2 rings (SSSR count). The largest absolute Gasteiger partial charge is 0.393 e. The topological polar surface area (TPSA) is 69.2 Å². The lowest BCUT2D eigenvalue weighted by Gasteiger charge is -2.05. The molecule has 0 unspecified atom stereocenters. The molecule has 0 fully saturated rings. The number of rotatable bonds is 5. The summed E-state index contributed by atoms with van der Waals surface area (Å²) in [6.45, 7) is 2.17. The molecule has 20 heavy (non-hydrogen) atoms. The van der Waals surface area contributed by atoms with Crippen molar-refractivity contribution in [2.24, 2.45) is 0 Å². The summed E-state index contributed by atoms with van der Waals surface area (Å²) in [4.78, 5) is 10.5. The van der Waals surface area contributed by atoms with Crippen LogP contribution in [0.2, 0.25) is 0 Å². The Labute approximate surface area is 118 Å². The van der Waals surface area contributed by atoms with Crippen molar-refractivity contribution >= 4 is 11.4 Å². The van der Waals surface area contributed by atoms with Gasteiger partial charge in [-0.3, -0.25) is 10.1 Å². The quantitative estimate of drug-likeness (QED) is 0.503. The average Bonchev–Trinajstić information content (AvgIpc) is 2.46. The van der Waals surface area contributed by atoms with Gasteiger partial charge in [0.25, 0.3) is 5.69 Å². The summed E-state index contributed by atoms with van der Waals surface area (Å²) in [6, 6.07) is 13.1. The number of anilines is 1. The monoisotopic (exact) mass is 270 g/mol. The van der Waals surface area contributed by atoms with E-state index in [1.165, 1.54) is 24.5 Å². The molecule has 0 heterocycles. The Morgan fingerprint density at radius 2 is 1.75 bits per heavy atom. The Balaban J connectivity index is 2.27. The van der Waals surface area contributed by atoms with Crippen molar-refractivity contribution in [1.82, 2.24) is 0 Å². The van der Waals surface area contributed by atoms with Crippen LogP contribution in [-0.4, -0.2) is 4.92 Å². The van der Waals surface area contributed by atoms with Gasteiger partial charge in [0.15, 0.2) is 0 Å². The van der Waals surface area contributed by atoms with Crippen LogP contribution in [-0.2, 0) is 6.42 Å². The van der Waals surface area contributed by atoms with Gasteiger partial charge in [0.1, 0.15) is 5.69 Å². The first-order valence-corrected chi connectivity index (χ1v) is 6.75. The molecule has 4 heteroatoms. The molecule has 2 N–H and O–H groups in total. The van der Waals surface area contributed by atoms with Gasteiger partial charge in [-0.1, -0.05) is 43.7 Å². The number of nitrogen functional groups attached to an aromatic ring is 1. The van der Waals surface area contributed by atoms with E-state index in [9.17, 15) is 10.1 Å². The maximum absolute atomic E-state index is 10.9. The molecule has 4 nitrogen and oxygen atoms in total. The van der Waals surface area contributed by atoms with Crippen molar-refractivity contribution in [3.8, 4) is 11.1 Å². The summed E-state index contributed by atoms with van der Waals surface area (Å²) in [6.07, 6.45) is 3.41. The first-order valence-electron chi connectivity index (χ1n) is 6.75. The van der Waals surface area contributed by atoms with E-state index in [2.05, 4.69) is 19.1 Å². The van der Waals surface area contributed by atoms with Crippen LogP contribution in [0.15, 0.2) is 42.5 Å². The second kappa shape index (κ2) is 6.19. The summed E-state index contributed by atoms with van der Waals surface area (Å²) in [5.74, 6) is 0. The van der Waals surface area contributed by atoms with Crippen LogP contribution in [0.25, 0.3) is 11.1 Å². The number of hydrogen-bond donors (Lipinski definition) is 1. The van der Waals surface area contributed by atoms with E-state index in [-0.39, 0.29) is 11.4 Å². The summed E-state index contributed by atoms with van der Waals surface area (Å²) < 4.78 is 0. The van der Waals surface area contributed by atoms with Gasteiger partial charge in [-0.05, 0) is 35.6 Å². The maximum Gasteiger partial charge on any atom is 0.292 e. The molecule has 0 saturated heterocycles. The lowest BCUT2D eigenvalue weighted by Crippen LogP contribution is -1.95. The van der Waals surface area contributed by atoms with Crippen molar-refractivity contribution in [2.75, 3.05) is 5.73 Å². The molecule has 0 bridgehead atoms. The fraction of sp³-hybridized carbons (Fsp3) is 0.250. The molecule has 0 amide bonds. The van der Waals surface area contributed by atoms with Gasteiger partial charge in [-0.25, -0.2) is 0 Å². The zero-order valence-electron chi connectivity index (χ0n) is 11.5. The van der Waals surface area contributed by atoms with Crippen LogP contribution >= 0.6 is 0 Å². The van der Waals surface area contributed by atoms with E-state index < -0.39 is 4.92 Å². The van der Waals surface area contributed by atoms with Crippen LogP contribution < -0.4 is 5.73 Å². The van der Waals surface area contributed by atoms with Crippen LogP contribution in [0, 0.1) is 10.1 Å². The molecule has 0 aliphatic heterocycles. The third-order valence-corrected chi connectivity index (χ3v) is 3.33. The van der Waals surface area contributed by atoms with Gasteiger partial charge >= 0.3 is 0 Å². The number of aryl methyl sites for hydroxylation is 1. The minimum Gasteiger partial charge on any atom is -0.393 e. The molecular weight excluding hydrogens is 252 g/mol. The van der Waals surface area contributed by atoms with Gasteiger partial charge in [-0.2, -0.15) is 0 Å². The predicted molar refractivity (Wildman–Crippen MR) is 81.6 cm³/mol. The summed E-state index contributed by atoms with van der Waals surface area (Å²) in [7, 11) is 0. The molecular formula is C16H18N2O2. The van der Waals surface area contributed by atoms with Crippen molar-refractivity contribution in [2.45, 2.75) is 26.2 Å². The lowest BCUT2D eigenvalue weighted by molar-refractivity contribution is -0.383. The SMILES string of the molecule is CCCCc1ccc(-c2ccc(N)c([N+](=O)[O-])c2)cc1. The molecule has 2 aromatic carbocycles. The molecule has 0 aromatic heterocycles. The third-order valence-electron chi connectivity index (χ3n) is 3.33. The number of unbranched alkanes of at least 4 members (excludes halogenated alkanes) is 1. The van der Waals surface area contributed by atoms with Crippen molar-refractivity contribution in [3.63, 3.8) is 0 Å². The first kappa shape index (κ1) is 14.1. The number of nitro benzene ring substituents is 1. The Morgan fingerprint density at radius 1 is 1.10 bits per heavy atom. The standard InChI is InChI=1S/C16H18N2O2/c1-2-3-4-12-5-7-13(8-6-12)14-9-10-15(17)16(11-14)18(19)20/h5-11H,2-4,17H2,1H3. The zero-order chi connectivity index (χ0) is 14.5. The van der Waals surface area contributed by atoms with Gasteiger partial charge in [0.2, 0.25) is 0 Å². The predicted octanol–water partition coefficient (Wildman–Crippen LogP) is 4.19. The number of nitrogens with two attached hydrogens (primary N) is 1. The van der Waals surface area contributed by atoms with Crippen LogP contribution in [0.4, 0.5) is 11.4 Å². The van der Waals surface area contributed by atoms with E-state index >= 15 is 0 Å². The fourth-order valence-electron chi connectivity index (χ4n) is 2.13. The smallest absolute Gasteiger partial charge is 0.292 e. The molecule has 0 aliphatic carbocycles. The Kier molecular flexibility index (Phi) is 4.35. The average molecular weight is 270 g/mol. The zero-order valence-corrected chi connectivity index (χ0v) is 11.5. The van der Waals surface area contributed by atoms with E-state index in [1.807, 2.05) is 18.2 Å². The van der Waals surface area contributed by atoms with E-state index in [4.69, 9.17) is 5.73 Å².